The lowest BCUT2D eigenvalue weighted by molar-refractivity contribution is -0.141. The molecule has 0 aliphatic carbocycles. The topological polar surface area (TPSA) is 84.1 Å². The number of halogens is 3. The molecule has 0 spiro atoms. The van der Waals surface area contributed by atoms with Crippen molar-refractivity contribution in [3.8, 4) is 0 Å². The first-order chi connectivity index (χ1) is 9.77. The van der Waals surface area contributed by atoms with Gasteiger partial charge in [0.05, 0.1) is 6.54 Å². The predicted molar refractivity (Wildman–Crippen MR) is 72.9 cm³/mol. The van der Waals surface area contributed by atoms with Gasteiger partial charge in [0.2, 0.25) is 11.9 Å². The van der Waals surface area contributed by atoms with E-state index in [9.17, 15) is 18.0 Å². The van der Waals surface area contributed by atoms with E-state index in [0.717, 1.165) is 6.07 Å². The fraction of sp³-hybridized carbons (Fsp3) is 0.583. The van der Waals surface area contributed by atoms with Crippen molar-refractivity contribution in [3.63, 3.8) is 0 Å². The largest absolute Gasteiger partial charge is 0.433 e. The molecule has 0 aliphatic rings. The second-order valence-corrected chi connectivity index (χ2v) is 4.34. The van der Waals surface area contributed by atoms with Gasteiger partial charge in [-0.1, -0.05) is 6.92 Å². The number of likely N-dealkylation sites (N-methyl/N-ethyl adjacent to an activating group) is 1. The lowest BCUT2D eigenvalue weighted by atomic mass is 10.3. The zero-order chi connectivity index (χ0) is 16.0. The van der Waals surface area contributed by atoms with Crippen molar-refractivity contribution >= 4 is 17.7 Å². The van der Waals surface area contributed by atoms with Crippen LogP contribution in [0.1, 0.15) is 26.0 Å². The molecule has 0 fully saturated rings. The molecule has 0 unspecified atom stereocenters. The van der Waals surface area contributed by atoms with Gasteiger partial charge in [-0.25, -0.2) is 4.98 Å². The summed E-state index contributed by atoms with van der Waals surface area (Å²) in [5.41, 5.74) is 4.03. The summed E-state index contributed by atoms with van der Waals surface area (Å²) in [4.78, 5) is 19.8. The first-order valence-corrected chi connectivity index (χ1v) is 6.51. The normalized spacial score (nSPS) is 11.3. The van der Waals surface area contributed by atoms with Gasteiger partial charge >= 0.3 is 6.18 Å². The smallest absolute Gasteiger partial charge is 0.368 e. The van der Waals surface area contributed by atoms with Crippen LogP contribution in [0.4, 0.5) is 24.9 Å². The van der Waals surface area contributed by atoms with E-state index in [1.807, 2.05) is 6.92 Å². The van der Waals surface area contributed by atoms with Crippen molar-refractivity contribution in [2.24, 2.45) is 5.73 Å². The molecule has 0 aliphatic heterocycles. The number of carbonyl (C=O) groups is 1. The van der Waals surface area contributed by atoms with Crippen LogP contribution in [0.2, 0.25) is 0 Å². The predicted octanol–water partition coefficient (Wildman–Crippen LogP) is 1.63. The third kappa shape index (κ3) is 5.09. The minimum absolute atomic E-state index is 0.0113. The molecule has 9 heteroatoms. The Bertz CT molecular complexity index is 492. The number of aromatic nitrogens is 2. The third-order valence-corrected chi connectivity index (χ3v) is 2.59. The van der Waals surface area contributed by atoms with E-state index in [2.05, 4.69) is 15.3 Å². The summed E-state index contributed by atoms with van der Waals surface area (Å²) in [6, 6.07) is 0.809. The zero-order valence-corrected chi connectivity index (χ0v) is 11.9. The quantitative estimate of drug-likeness (QED) is 0.800. The number of hydrogen-bond acceptors (Lipinski definition) is 5. The van der Waals surface area contributed by atoms with Crippen LogP contribution >= 0.6 is 0 Å². The minimum Gasteiger partial charge on any atom is -0.368 e. The second-order valence-electron chi connectivity index (χ2n) is 4.34. The molecule has 6 nitrogen and oxygen atoms in total. The lowest BCUT2D eigenvalue weighted by Gasteiger charge is -2.21. The average molecular weight is 305 g/mol. The molecule has 0 atom stereocenters. The highest BCUT2D eigenvalue weighted by Gasteiger charge is 2.34. The van der Waals surface area contributed by atoms with Crippen molar-refractivity contribution < 1.29 is 18.0 Å². The van der Waals surface area contributed by atoms with Crippen LogP contribution in [-0.2, 0) is 11.0 Å². The maximum absolute atomic E-state index is 12.9. The Balaban J connectivity index is 3.19. The summed E-state index contributed by atoms with van der Waals surface area (Å²) >= 11 is 0. The highest BCUT2D eigenvalue weighted by Crippen LogP contribution is 2.30. The molecule has 1 amide bonds. The van der Waals surface area contributed by atoms with E-state index in [-0.39, 0.29) is 18.3 Å². The fourth-order valence-electron chi connectivity index (χ4n) is 1.60. The number of nitrogens with zero attached hydrogens (tertiary/aromatic N) is 3. The van der Waals surface area contributed by atoms with E-state index in [0.29, 0.717) is 19.5 Å². The Hall–Kier alpha value is -2.06. The molecule has 3 N–H and O–H groups in total. The molecular weight excluding hydrogens is 287 g/mol. The van der Waals surface area contributed by atoms with Gasteiger partial charge in [0, 0.05) is 19.2 Å². The minimum atomic E-state index is -4.59. The van der Waals surface area contributed by atoms with Gasteiger partial charge in [-0.05, 0) is 13.3 Å². The number of nitrogens with two attached hydrogens (primary N) is 1. The number of anilines is 2. The van der Waals surface area contributed by atoms with Crippen LogP contribution in [0.5, 0.6) is 0 Å². The van der Waals surface area contributed by atoms with Crippen LogP contribution in [-0.4, -0.2) is 35.5 Å². The summed E-state index contributed by atoms with van der Waals surface area (Å²) in [5.74, 6) is -0.756. The number of hydrogen-bond donors (Lipinski definition) is 2. The Labute approximate surface area is 120 Å². The summed E-state index contributed by atoms with van der Waals surface area (Å²) in [5, 5.41) is 2.71. The zero-order valence-electron chi connectivity index (χ0n) is 11.9. The molecule has 21 heavy (non-hydrogen) atoms. The number of amides is 1. The van der Waals surface area contributed by atoms with E-state index in [1.165, 1.54) is 4.90 Å². The first-order valence-electron chi connectivity index (χ1n) is 6.51. The standard InChI is InChI=1S/C12H18F3N5O/c1-3-5-17-11-18-8(12(13,14)15)6-10(19-11)20(4-2)7-9(16)21/h6H,3-5,7H2,1-2H3,(H2,16,21)(H,17,18,19). The van der Waals surface area contributed by atoms with Gasteiger partial charge in [-0.3, -0.25) is 4.79 Å². The van der Waals surface area contributed by atoms with Gasteiger partial charge in [0.15, 0.2) is 5.69 Å². The number of primary amides is 1. The number of nitrogens with one attached hydrogen (secondary N) is 1. The van der Waals surface area contributed by atoms with Crippen molar-refractivity contribution in [1.29, 1.82) is 0 Å². The van der Waals surface area contributed by atoms with Gasteiger partial charge in [0.1, 0.15) is 5.82 Å². The Morgan fingerprint density at radius 1 is 1.38 bits per heavy atom. The molecule has 0 aromatic carbocycles. The molecule has 0 radical (unpaired) electrons. The molecule has 1 aromatic heterocycles. The highest BCUT2D eigenvalue weighted by molar-refractivity contribution is 5.79. The summed E-state index contributed by atoms with van der Waals surface area (Å²) in [7, 11) is 0. The van der Waals surface area contributed by atoms with Crippen molar-refractivity contribution in [1.82, 2.24) is 9.97 Å². The Kier molecular flexibility index (Phi) is 5.74. The highest BCUT2D eigenvalue weighted by atomic mass is 19.4. The van der Waals surface area contributed by atoms with Crippen LogP contribution < -0.4 is 16.0 Å². The number of carbonyl (C=O) groups excluding carboxylic acids is 1. The molecule has 118 valence electrons. The van der Waals surface area contributed by atoms with E-state index < -0.39 is 17.8 Å². The summed E-state index contributed by atoms with van der Waals surface area (Å²) in [6.45, 7) is 4.09. The maximum Gasteiger partial charge on any atom is 0.433 e. The lowest BCUT2D eigenvalue weighted by Crippen LogP contribution is -2.34. The monoisotopic (exact) mass is 305 g/mol. The summed E-state index contributed by atoms with van der Waals surface area (Å²) in [6.07, 6.45) is -3.87. The molecule has 0 saturated carbocycles. The Morgan fingerprint density at radius 2 is 2.05 bits per heavy atom. The van der Waals surface area contributed by atoms with Crippen LogP contribution in [0, 0.1) is 0 Å². The van der Waals surface area contributed by atoms with E-state index >= 15 is 0 Å². The van der Waals surface area contributed by atoms with Crippen LogP contribution in [0.25, 0.3) is 0 Å². The van der Waals surface area contributed by atoms with E-state index in [1.54, 1.807) is 6.92 Å². The SMILES string of the molecule is CCCNc1nc(N(CC)CC(N)=O)cc(C(F)(F)F)n1. The van der Waals surface area contributed by atoms with Gasteiger partial charge in [-0.15, -0.1) is 0 Å². The molecular formula is C12H18F3N5O. The first kappa shape index (κ1) is 17.0. The summed E-state index contributed by atoms with van der Waals surface area (Å²) < 4.78 is 38.6. The van der Waals surface area contributed by atoms with Crippen LogP contribution in [0.15, 0.2) is 6.07 Å². The maximum atomic E-state index is 12.9. The Morgan fingerprint density at radius 3 is 2.52 bits per heavy atom. The van der Waals surface area contributed by atoms with Crippen molar-refractivity contribution in [3.05, 3.63) is 11.8 Å². The fourth-order valence-corrected chi connectivity index (χ4v) is 1.60. The molecule has 1 heterocycles. The molecule has 0 saturated heterocycles. The van der Waals surface area contributed by atoms with Crippen molar-refractivity contribution in [2.75, 3.05) is 29.9 Å². The molecule has 1 aromatic rings. The average Bonchev–Trinajstić information content (AvgIpc) is 2.41. The van der Waals surface area contributed by atoms with Crippen molar-refractivity contribution in [2.45, 2.75) is 26.4 Å². The van der Waals surface area contributed by atoms with Crippen LogP contribution in [0.3, 0.4) is 0 Å². The van der Waals surface area contributed by atoms with Gasteiger partial charge in [-0.2, -0.15) is 18.2 Å². The van der Waals surface area contributed by atoms with E-state index in [4.69, 9.17) is 5.73 Å². The number of rotatable bonds is 7. The molecule has 0 bridgehead atoms. The second kappa shape index (κ2) is 7.09. The molecule has 1 rings (SSSR count). The third-order valence-electron chi connectivity index (χ3n) is 2.59. The number of alkyl halides is 3. The van der Waals surface area contributed by atoms with Gasteiger partial charge < -0.3 is 16.0 Å². The van der Waals surface area contributed by atoms with Gasteiger partial charge in [0.25, 0.3) is 0 Å².